The highest BCUT2D eigenvalue weighted by atomic mass is 19.1. The number of hydrogen-bond acceptors (Lipinski definition) is 2. The molecule has 3 rings (SSSR count). The van der Waals surface area contributed by atoms with Crippen molar-refractivity contribution in [3.05, 3.63) is 35.6 Å². The maximum Gasteiger partial charge on any atom is 0.135 e. The summed E-state index contributed by atoms with van der Waals surface area (Å²) in [7, 11) is 2.14. The zero-order valence-electron chi connectivity index (χ0n) is 11.5. The molecule has 1 aromatic rings. The van der Waals surface area contributed by atoms with Crippen molar-refractivity contribution in [3.63, 3.8) is 0 Å². The lowest BCUT2D eigenvalue weighted by molar-refractivity contribution is -0.124. The molecule has 0 radical (unpaired) electrons. The summed E-state index contributed by atoms with van der Waals surface area (Å²) in [5.74, 6) is 0.381. The Bertz CT molecular complexity index is 484. The molecule has 4 atom stereocenters. The number of carbonyl (C=O) groups excluding carboxylic acids is 1. The minimum atomic E-state index is -0.209. The van der Waals surface area contributed by atoms with Gasteiger partial charge in [0.2, 0.25) is 0 Å². The Morgan fingerprint density at radius 2 is 1.95 bits per heavy atom. The molecular formula is C16H20FNO. The van der Waals surface area contributed by atoms with Gasteiger partial charge in [-0.3, -0.25) is 9.69 Å². The van der Waals surface area contributed by atoms with Gasteiger partial charge in [-0.25, -0.2) is 4.39 Å². The number of ketones is 1. The SMILES string of the molecule is CC(=O)[C@@H]1C2CCC(C[C@@H]1c1ccc(F)cc1)N2C. The average molecular weight is 261 g/mol. The average Bonchev–Trinajstić information content (AvgIpc) is 2.63. The first-order valence-corrected chi connectivity index (χ1v) is 7.06. The molecule has 0 N–H and O–H groups in total. The van der Waals surface area contributed by atoms with Crippen LogP contribution < -0.4 is 0 Å². The van der Waals surface area contributed by atoms with Crippen molar-refractivity contribution in [2.24, 2.45) is 5.92 Å². The number of nitrogens with zero attached hydrogens (tertiary/aromatic N) is 1. The van der Waals surface area contributed by atoms with Gasteiger partial charge < -0.3 is 0 Å². The van der Waals surface area contributed by atoms with Crippen LogP contribution in [0.4, 0.5) is 4.39 Å². The molecule has 2 aliphatic rings. The lowest BCUT2D eigenvalue weighted by atomic mass is 9.74. The monoisotopic (exact) mass is 261 g/mol. The number of rotatable bonds is 2. The molecule has 0 saturated carbocycles. The molecule has 2 saturated heterocycles. The molecule has 0 amide bonds. The van der Waals surface area contributed by atoms with Crippen LogP contribution >= 0.6 is 0 Å². The van der Waals surface area contributed by atoms with Gasteiger partial charge in [0.1, 0.15) is 11.6 Å². The van der Waals surface area contributed by atoms with Crippen LogP contribution in [-0.2, 0) is 4.79 Å². The van der Waals surface area contributed by atoms with E-state index in [1.54, 1.807) is 6.92 Å². The summed E-state index contributed by atoms with van der Waals surface area (Å²) in [4.78, 5) is 14.5. The van der Waals surface area contributed by atoms with Crippen LogP contribution in [0.2, 0.25) is 0 Å². The lowest BCUT2D eigenvalue weighted by Crippen LogP contribution is -2.48. The van der Waals surface area contributed by atoms with Gasteiger partial charge >= 0.3 is 0 Å². The molecule has 2 unspecified atom stereocenters. The minimum absolute atomic E-state index is 0.0641. The van der Waals surface area contributed by atoms with Gasteiger partial charge in [-0.15, -0.1) is 0 Å². The van der Waals surface area contributed by atoms with E-state index in [9.17, 15) is 9.18 Å². The summed E-state index contributed by atoms with van der Waals surface area (Å²) in [5.41, 5.74) is 1.12. The summed E-state index contributed by atoms with van der Waals surface area (Å²) in [6, 6.07) is 7.66. The third-order valence-corrected chi connectivity index (χ3v) is 5.04. The Balaban J connectivity index is 1.95. The van der Waals surface area contributed by atoms with E-state index in [1.807, 2.05) is 12.1 Å². The van der Waals surface area contributed by atoms with E-state index in [1.165, 1.54) is 18.6 Å². The van der Waals surface area contributed by atoms with E-state index < -0.39 is 0 Å². The fraction of sp³-hybridized carbons (Fsp3) is 0.562. The molecule has 2 heterocycles. The van der Waals surface area contributed by atoms with Gasteiger partial charge in [0.25, 0.3) is 0 Å². The number of hydrogen-bond donors (Lipinski definition) is 0. The summed E-state index contributed by atoms with van der Waals surface area (Å²) in [6.07, 6.45) is 3.31. The van der Waals surface area contributed by atoms with E-state index in [0.717, 1.165) is 18.4 Å². The fourth-order valence-corrected chi connectivity index (χ4v) is 4.07. The number of benzene rings is 1. The Hall–Kier alpha value is -1.22. The van der Waals surface area contributed by atoms with Crippen LogP contribution in [0, 0.1) is 11.7 Å². The first kappa shape index (κ1) is 12.8. The second-order valence-electron chi connectivity index (χ2n) is 5.99. The van der Waals surface area contributed by atoms with Crippen molar-refractivity contribution in [1.29, 1.82) is 0 Å². The fourth-order valence-electron chi connectivity index (χ4n) is 4.07. The lowest BCUT2D eigenvalue weighted by Gasteiger charge is -2.42. The summed E-state index contributed by atoms with van der Waals surface area (Å²) < 4.78 is 13.1. The van der Waals surface area contributed by atoms with Crippen molar-refractivity contribution in [2.45, 2.75) is 44.2 Å². The van der Waals surface area contributed by atoms with E-state index in [-0.39, 0.29) is 23.4 Å². The number of Topliss-reactive ketones (excluding diaryl/α,β-unsaturated/α-hetero) is 1. The van der Waals surface area contributed by atoms with Gasteiger partial charge in [-0.1, -0.05) is 12.1 Å². The Morgan fingerprint density at radius 1 is 1.26 bits per heavy atom. The topological polar surface area (TPSA) is 20.3 Å². The Labute approximate surface area is 113 Å². The van der Waals surface area contributed by atoms with E-state index in [4.69, 9.17) is 0 Å². The first-order chi connectivity index (χ1) is 9.08. The highest BCUT2D eigenvalue weighted by Gasteiger charge is 2.47. The molecule has 2 nitrogen and oxygen atoms in total. The minimum Gasteiger partial charge on any atom is -0.300 e. The van der Waals surface area contributed by atoms with Crippen LogP contribution in [0.15, 0.2) is 24.3 Å². The standard InChI is InChI=1S/C16H20FNO/c1-10(19)16-14(11-3-5-12(17)6-4-11)9-13-7-8-15(16)18(13)2/h3-6,13-16H,7-9H2,1-2H3/t13?,14-,15?,16+/m1/s1. The molecule has 2 bridgehead atoms. The third kappa shape index (κ3) is 2.10. The van der Waals surface area contributed by atoms with Gasteiger partial charge in [0.15, 0.2) is 0 Å². The van der Waals surface area contributed by atoms with E-state index in [0.29, 0.717) is 12.1 Å². The summed E-state index contributed by atoms with van der Waals surface area (Å²) >= 11 is 0. The number of carbonyl (C=O) groups is 1. The Kier molecular flexibility index (Phi) is 3.17. The van der Waals surface area contributed by atoms with Crippen LogP contribution in [0.3, 0.4) is 0 Å². The maximum atomic E-state index is 13.1. The van der Waals surface area contributed by atoms with Crippen LogP contribution in [0.5, 0.6) is 0 Å². The quantitative estimate of drug-likeness (QED) is 0.815. The highest BCUT2D eigenvalue weighted by molar-refractivity contribution is 5.80. The zero-order chi connectivity index (χ0) is 13.6. The van der Waals surface area contributed by atoms with Crippen LogP contribution in [0.1, 0.15) is 37.7 Å². The molecule has 0 spiro atoms. The smallest absolute Gasteiger partial charge is 0.135 e. The number of piperidine rings is 1. The number of fused-ring (bicyclic) bond motifs is 2. The molecule has 2 fully saturated rings. The molecule has 0 aliphatic carbocycles. The molecule has 1 aromatic carbocycles. The van der Waals surface area contributed by atoms with Crippen molar-refractivity contribution >= 4 is 5.78 Å². The van der Waals surface area contributed by atoms with Gasteiger partial charge in [0.05, 0.1) is 0 Å². The van der Waals surface area contributed by atoms with Crippen LogP contribution in [-0.4, -0.2) is 29.8 Å². The van der Waals surface area contributed by atoms with E-state index in [2.05, 4.69) is 11.9 Å². The molecule has 0 aromatic heterocycles. The molecular weight excluding hydrogens is 241 g/mol. The van der Waals surface area contributed by atoms with Crippen molar-refractivity contribution in [2.75, 3.05) is 7.05 Å². The first-order valence-electron chi connectivity index (χ1n) is 7.06. The molecule has 3 heteroatoms. The Morgan fingerprint density at radius 3 is 2.58 bits per heavy atom. The second-order valence-corrected chi connectivity index (χ2v) is 5.99. The molecule has 19 heavy (non-hydrogen) atoms. The van der Waals surface area contributed by atoms with Crippen molar-refractivity contribution in [3.8, 4) is 0 Å². The van der Waals surface area contributed by atoms with Gasteiger partial charge in [-0.2, -0.15) is 0 Å². The predicted octanol–water partition coefficient (Wildman–Crippen LogP) is 2.98. The summed E-state index contributed by atoms with van der Waals surface area (Å²) in [6.45, 7) is 1.70. The maximum absolute atomic E-state index is 13.1. The molecule has 2 aliphatic heterocycles. The van der Waals surface area contributed by atoms with Crippen LogP contribution in [0.25, 0.3) is 0 Å². The predicted molar refractivity (Wildman–Crippen MR) is 72.5 cm³/mol. The van der Waals surface area contributed by atoms with Gasteiger partial charge in [0, 0.05) is 18.0 Å². The number of halogens is 1. The zero-order valence-corrected chi connectivity index (χ0v) is 11.5. The molecule has 102 valence electrons. The van der Waals surface area contributed by atoms with Gasteiger partial charge in [-0.05, 0) is 56.8 Å². The summed E-state index contributed by atoms with van der Waals surface area (Å²) in [5, 5.41) is 0. The highest BCUT2D eigenvalue weighted by Crippen LogP contribution is 2.46. The van der Waals surface area contributed by atoms with Crippen molar-refractivity contribution < 1.29 is 9.18 Å². The van der Waals surface area contributed by atoms with Crippen molar-refractivity contribution in [1.82, 2.24) is 4.90 Å². The third-order valence-electron chi connectivity index (χ3n) is 5.04. The largest absolute Gasteiger partial charge is 0.300 e. The normalized spacial score (nSPS) is 34.5. The van der Waals surface area contributed by atoms with E-state index >= 15 is 0 Å². The second kappa shape index (κ2) is 4.71.